The van der Waals surface area contributed by atoms with Gasteiger partial charge in [-0.1, -0.05) is 6.07 Å². The van der Waals surface area contributed by atoms with Gasteiger partial charge in [0.15, 0.2) is 0 Å². The quantitative estimate of drug-likeness (QED) is 0.809. The first kappa shape index (κ1) is 11.6. The molecule has 0 unspecified atom stereocenters. The van der Waals surface area contributed by atoms with Crippen LogP contribution in [0.1, 0.15) is 13.8 Å². The molecule has 3 amide bonds. The zero-order chi connectivity index (χ0) is 12.6. The smallest absolute Gasteiger partial charge is 0.328 e. The second kappa shape index (κ2) is 3.84. The molecular weight excluding hydrogens is 223 g/mol. The normalized spacial score (nSPS) is 19.1. The average molecular weight is 236 g/mol. The highest BCUT2D eigenvalue weighted by Crippen LogP contribution is 2.27. The van der Waals surface area contributed by atoms with Crippen LogP contribution in [0.25, 0.3) is 0 Å². The lowest BCUT2D eigenvalue weighted by Gasteiger charge is -2.36. The van der Waals surface area contributed by atoms with E-state index in [0.717, 1.165) is 4.90 Å². The summed E-state index contributed by atoms with van der Waals surface area (Å²) in [5.41, 5.74) is -0.430. The molecule has 1 aromatic rings. The van der Waals surface area contributed by atoms with Gasteiger partial charge in [-0.2, -0.15) is 0 Å². The van der Waals surface area contributed by atoms with Crippen LogP contribution in [-0.2, 0) is 4.79 Å². The third kappa shape index (κ3) is 2.00. The number of hydrogen-bond acceptors (Lipinski definition) is 2. The Morgan fingerprint density at radius 1 is 1.35 bits per heavy atom. The van der Waals surface area contributed by atoms with Gasteiger partial charge in [0.25, 0.3) is 0 Å². The van der Waals surface area contributed by atoms with Crippen LogP contribution >= 0.6 is 0 Å². The number of benzene rings is 1. The maximum atomic E-state index is 13.1. The molecule has 0 radical (unpaired) electrons. The number of nitrogens with one attached hydrogen (secondary N) is 1. The lowest BCUT2D eigenvalue weighted by Crippen LogP contribution is -2.59. The number of rotatable bonds is 1. The zero-order valence-corrected chi connectivity index (χ0v) is 9.66. The van der Waals surface area contributed by atoms with Gasteiger partial charge in [0.1, 0.15) is 5.82 Å². The molecule has 2 rings (SSSR count). The van der Waals surface area contributed by atoms with Gasteiger partial charge in [-0.15, -0.1) is 0 Å². The summed E-state index contributed by atoms with van der Waals surface area (Å²) >= 11 is 0. The standard InChI is InChI=1S/C12H13FN2O2/c1-12(2)7-14-11(17)15(10(12)16)9-5-3-4-8(13)6-9/h3-6H,7H2,1-2H3,(H,14,17). The van der Waals surface area contributed by atoms with E-state index >= 15 is 0 Å². The van der Waals surface area contributed by atoms with Crippen LogP contribution in [0.2, 0.25) is 0 Å². The number of amides is 3. The van der Waals surface area contributed by atoms with Gasteiger partial charge in [-0.3, -0.25) is 4.79 Å². The first-order valence-electron chi connectivity index (χ1n) is 5.30. The van der Waals surface area contributed by atoms with Crippen molar-refractivity contribution in [3.05, 3.63) is 30.1 Å². The fraction of sp³-hybridized carbons (Fsp3) is 0.333. The first-order valence-corrected chi connectivity index (χ1v) is 5.30. The Balaban J connectivity index is 2.42. The molecular formula is C12H13FN2O2. The van der Waals surface area contributed by atoms with Crippen molar-refractivity contribution in [2.24, 2.45) is 5.41 Å². The molecule has 0 saturated carbocycles. The number of carbonyl (C=O) groups is 2. The molecule has 1 fully saturated rings. The van der Waals surface area contributed by atoms with E-state index in [4.69, 9.17) is 0 Å². The molecule has 1 aliphatic rings. The number of carbonyl (C=O) groups excluding carboxylic acids is 2. The molecule has 90 valence electrons. The Kier molecular flexibility index (Phi) is 2.61. The van der Waals surface area contributed by atoms with Gasteiger partial charge < -0.3 is 5.32 Å². The maximum Gasteiger partial charge on any atom is 0.328 e. The molecule has 1 heterocycles. The number of nitrogens with zero attached hydrogens (tertiary/aromatic N) is 1. The number of anilines is 1. The molecule has 4 nitrogen and oxygen atoms in total. The van der Waals surface area contributed by atoms with E-state index in [-0.39, 0.29) is 18.1 Å². The van der Waals surface area contributed by atoms with E-state index in [0.29, 0.717) is 0 Å². The van der Waals surface area contributed by atoms with Crippen molar-refractivity contribution in [2.75, 3.05) is 11.4 Å². The Morgan fingerprint density at radius 3 is 2.71 bits per heavy atom. The minimum Gasteiger partial charge on any atom is -0.336 e. The summed E-state index contributed by atoms with van der Waals surface area (Å²) in [6, 6.07) is 4.91. The summed E-state index contributed by atoms with van der Waals surface area (Å²) < 4.78 is 13.1. The van der Waals surface area contributed by atoms with E-state index in [2.05, 4.69) is 5.32 Å². The molecule has 1 saturated heterocycles. The Labute approximate surface area is 98.4 Å². The lowest BCUT2D eigenvalue weighted by molar-refractivity contribution is -0.126. The Bertz CT molecular complexity index is 485. The molecule has 0 aromatic heterocycles. The second-order valence-electron chi connectivity index (χ2n) is 4.66. The van der Waals surface area contributed by atoms with Crippen LogP contribution in [0.4, 0.5) is 14.9 Å². The molecule has 17 heavy (non-hydrogen) atoms. The highest BCUT2D eigenvalue weighted by Gasteiger charge is 2.40. The van der Waals surface area contributed by atoms with Gasteiger partial charge in [-0.25, -0.2) is 14.1 Å². The SMILES string of the molecule is CC1(C)CNC(=O)N(c2cccc(F)c2)C1=O. The Hall–Kier alpha value is -1.91. The highest BCUT2D eigenvalue weighted by atomic mass is 19.1. The van der Waals surface area contributed by atoms with Gasteiger partial charge in [0.05, 0.1) is 11.1 Å². The van der Waals surface area contributed by atoms with Crippen LogP contribution in [-0.4, -0.2) is 18.5 Å². The Morgan fingerprint density at radius 2 is 2.06 bits per heavy atom. The summed E-state index contributed by atoms with van der Waals surface area (Å²) in [6.45, 7) is 3.76. The third-order valence-corrected chi connectivity index (χ3v) is 2.73. The molecule has 1 aromatic carbocycles. The largest absolute Gasteiger partial charge is 0.336 e. The van der Waals surface area contributed by atoms with Crippen molar-refractivity contribution >= 4 is 17.6 Å². The molecule has 0 spiro atoms. The minimum atomic E-state index is -0.680. The van der Waals surface area contributed by atoms with Crippen molar-refractivity contribution < 1.29 is 14.0 Å². The van der Waals surface area contributed by atoms with Gasteiger partial charge in [0, 0.05) is 6.54 Å². The number of hydrogen-bond donors (Lipinski definition) is 1. The molecule has 0 aliphatic carbocycles. The maximum absolute atomic E-state index is 13.1. The van der Waals surface area contributed by atoms with E-state index in [1.807, 2.05) is 0 Å². The summed E-state index contributed by atoms with van der Waals surface area (Å²) in [7, 11) is 0. The summed E-state index contributed by atoms with van der Waals surface area (Å²) in [5, 5.41) is 2.61. The van der Waals surface area contributed by atoms with Gasteiger partial charge in [0.2, 0.25) is 5.91 Å². The van der Waals surface area contributed by atoms with Gasteiger partial charge >= 0.3 is 6.03 Å². The van der Waals surface area contributed by atoms with Crippen LogP contribution in [0.5, 0.6) is 0 Å². The summed E-state index contributed by atoms with van der Waals surface area (Å²) in [6.07, 6.45) is 0. The van der Waals surface area contributed by atoms with E-state index in [9.17, 15) is 14.0 Å². The predicted octanol–water partition coefficient (Wildman–Crippen LogP) is 1.91. The van der Waals surface area contributed by atoms with Crippen LogP contribution in [0.3, 0.4) is 0 Å². The van der Waals surface area contributed by atoms with E-state index < -0.39 is 17.3 Å². The van der Waals surface area contributed by atoms with E-state index in [1.54, 1.807) is 13.8 Å². The van der Waals surface area contributed by atoms with Crippen LogP contribution < -0.4 is 10.2 Å². The fourth-order valence-electron chi connectivity index (χ4n) is 1.70. The number of urea groups is 1. The monoisotopic (exact) mass is 236 g/mol. The molecule has 0 bridgehead atoms. The van der Waals surface area contributed by atoms with Crippen molar-refractivity contribution in [3.63, 3.8) is 0 Å². The fourth-order valence-corrected chi connectivity index (χ4v) is 1.70. The summed E-state index contributed by atoms with van der Waals surface area (Å²) in [4.78, 5) is 24.8. The molecule has 5 heteroatoms. The lowest BCUT2D eigenvalue weighted by atomic mass is 9.89. The van der Waals surface area contributed by atoms with Crippen molar-refractivity contribution in [1.82, 2.24) is 5.32 Å². The molecule has 1 aliphatic heterocycles. The minimum absolute atomic E-state index is 0.250. The predicted molar refractivity (Wildman–Crippen MR) is 61.1 cm³/mol. The highest BCUT2D eigenvalue weighted by molar-refractivity contribution is 6.17. The summed E-state index contributed by atoms with van der Waals surface area (Å²) in [5.74, 6) is -0.807. The first-order chi connectivity index (χ1) is 7.92. The van der Waals surface area contributed by atoms with E-state index in [1.165, 1.54) is 24.3 Å². The second-order valence-corrected chi connectivity index (χ2v) is 4.66. The average Bonchev–Trinajstić information content (AvgIpc) is 2.25. The van der Waals surface area contributed by atoms with Crippen LogP contribution in [0.15, 0.2) is 24.3 Å². The van der Waals surface area contributed by atoms with Crippen molar-refractivity contribution in [3.8, 4) is 0 Å². The number of imide groups is 1. The molecule has 1 N–H and O–H groups in total. The van der Waals surface area contributed by atoms with Crippen molar-refractivity contribution in [2.45, 2.75) is 13.8 Å². The van der Waals surface area contributed by atoms with Crippen LogP contribution in [0, 0.1) is 11.2 Å². The molecule has 0 atom stereocenters. The van der Waals surface area contributed by atoms with Gasteiger partial charge in [-0.05, 0) is 32.0 Å². The third-order valence-electron chi connectivity index (χ3n) is 2.73. The topological polar surface area (TPSA) is 49.4 Å². The van der Waals surface area contributed by atoms with Crippen molar-refractivity contribution in [1.29, 1.82) is 0 Å². The number of halogens is 1. The zero-order valence-electron chi connectivity index (χ0n) is 9.66.